The molecule has 1 aliphatic heterocycles. The molecule has 1 heterocycles. The monoisotopic (exact) mass is 429 g/mol. The van der Waals surface area contributed by atoms with Crippen LogP contribution in [0.2, 0.25) is 0 Å². The Bertz CT molecular complexity index is 974. The van der Waals surface area contributed by atoms with Crippen LogP contribution >= 0.6 is 13.5 Å². The van der Waals surface area contributed by atoms with Gasteiger partial charge in [-0.1, -0.05) is 6.07 Å². The number of carbonyl (C=O) groups is 1. The third-order valence-electron chi connectivity index (χ3n) is 4.44. The topological polar surface area (TPSA) is 72.5 Å². The molecule has 9 heteroatoms. The van der Waals surface area contributed by atoms with Crippen molar-refractivity contribution in [2.45, 2.75) is 18.2 Å². The fourth-order valence-corrected chi connectivity index (χ4v) is 4.69. The summed E-state index contributed by atoms with van der Waals surface area (Å²) in [7, 11) is -3.90. The first-order valence-corrected chi connectivity index (χ1v) is 10.1. The Hall–Kier alpha value is -1.97. The highest BCUT2D eigenvalue weighted by molar-refractivity contribution is 7.91. The summed E-state index contributed by atoms with van der Waals surface area (Å²) in [5, 5.41) is 2.46. The predicted octanol–water partition coefficient (Wildman–Crippen LogP) is 3.45. The highest BCUT2D eigenvalue weighted by Gasteiger charge is 2.28. The summed E-state index contributed by atoms with van der Waals surface area (Å²) in [4.78, 5) is 11.9. The maximum absolute atomic E-state index is 14.8. The summed E-state index contributed by atoms with van der Waals surface area (Å²) in [5.74, 6) is -2.74. The number of aryl methyl sites for hydroxylation is 1. The number of amides is 1. The number of sulfone groups is 1. The number of rotatable bonds is 5. The van der Waals surface area contributed by atoms with Crippen LogP contribution in [0.3, 0.4) is 0 Å². The van der Waals surface area contributed by atoms with Gasteiger partial charge in [-0.15, -0.1) is 0 Å². The summed E-state index contributed by atoms with van der Waals surface area (Å²) < 4.78 is 58.4. The molecule has 5 nitrogen and oxygen atoms in total. The van der Waals surface area contributed by atoms with Crippen LogP contribution in [0, 0.1) is 24.5 Å². The van der Waals surface area contributed by atoms with Gasteiger partial charge in [0.2, 0.25) is 0 Å². The average Bonchev–Trinajstić information content (AvgIpc) is 3.10. The van der Waals surface area contributed by atoms with E-state index in [1.807, 2.05) is 0 Å². The van der Waals surface area contributed by atoms with Gasteiger partial charge in [0.1, 0.15) is 10.7 Å². The van der Waals surface area contributed by atoms with Gasteiger partial charge in [-0.2, -0.15) is 13.5 Å². The first kappa shape index (κ1) is 22.3. The largest absolute Gasteiger partial charge is 0.381 e. The quantitative estimate of drug-likeness (QED) is 0.790. The predicted molar refractivity (Wildman–Crippen MR) is 107 cm³/mol. The van der Waals surface area contributed by atoms with E-state index < -0.39 is 32.3 Å². The molecule has 28 heavy (non-hydrogen) atoms. The fourth-order valence-electron chi connectivity index (χ4n) is 2.96. The molecule has 1 amide bonds. The Morgan fingerprint density at radius 2 is 2.00 bits per heavy atom. The number of ether oxygens (including phenoxy) is 1. The molecular formula is C19H21F2NO4S2. The van der Waals surface area contributed by atoms with Crippen molar-refractivity contribution in [2.24, 2.45) is 5.92 Å². The summed E-state index contributed by atoms with van der Waals surface area (Å²) in [6.45, 7) is 2.35. The number of anilines is 1. The SMILES string of the molecule is Cc1cc(NC(=O)c2cccc(S(=O)(=O)C[C@@H]3CCOC3)c2F)ccc1F.S. The van der Waals surface area contributed by atoms with Crippen LogP contribution in [0.15, 0.2) is 41.3 Å². The molecule has 0 aromatic heterocycles. The average molecular weight is 430 g/mol. The molecule has 1 N–H and O–H groups in total. The summed E-state index contributed by atoms with van der Waals surface area (Å²) in [6.07, 6.45) is 0.602. The minimum absolute atomic E-state index is 0. The minimum atomic E-state index is -3.90. The fraction of sp³-hybridized carbons (Fsp3) is 0.316. The lowest BCUT2D eigenvalue weighted by Crippen LogP contribution is -2.20. The summed E-state index contributed by atoms with van der Waals surface area (Å²) in [6, 6.07) is 7.63. The summed E-state index contributed by atoms with van der Waals surface area (Å²) in [5.41, 5.74) is 0.221. The van der Waals surface area contributed by atoms with Crippen molar-refractivity contribution in [3.63, 3.8) is 0 Å². The molecular weight excluding hydrogens is 408 g/mol. The highest BCUT2D eigenvalue weighted by atomic mass is 32.2. The lowest BCUT2D eigenvalue weighted by atomic mass is 10.1. The van der Waals surface area contributed by atoms with E-state index in [0.717, 1.165) is 6.07 Å². The van der Waals surface area contributed by atoms with Crippen LogP contribution in [0.25, 0.3) is 0 Å². The molecule has 0 radical (unpaired) electrons. The second-order valence-corrected chi connectivity index (χ2v) is 8.55. The molecule has 0 aliphatic carbocycles. The number of hydrogen-bond acceptors (Lipinski definition) is 4. The maximum atomic E-state index is 14.8. The molecule has 0 spiro atoms. The Balaban J connectivity index is 0.00000280. The van der Waals surface area contributed by atoms with Gasteiger partial charge in [-0.25, -0.2) is 17.2 Å². The van der Waals surface area contributed by atoms with E-state index in [1.165, 1.54) is 37.3 Å². The number of carbonyl (C=O) groups excluding carboxylic acids is 1. The molecule has 0 bridgehead atoms. The van der Waals surface area contributed by atoms with Crippen LogP contribution in [0.4, 0.5) is 14.5 Å². The molecule has 3 rings (SSSR count). The normalized spacial score (nSPS) is 16.5. The van der Waals surface area contributed by atoms with Gasteiger partial charge in [0.05, 0.1) is 17.9 Å². The van der Waals surface area contributed by atoms with Crippen LogP contribution in [0.1, 0.15) is 22.3 Å². The highest BCUT2D eigenvalue weighted by Crippen LogP contribution is 2.24. The van der Waals surface area contributed by atoms with Gasteiger partial charge in [0.15, 0.2) is 15.7 Å². The van der Waals surface area contributed by atoms with E-state index in [1.54, 1.807) is 0 Å². The molecule has 1 aliphatic rings. The van der Waals surface area contributed by atoms with Crippen molar-refractivity contribution in [3.05, 3.63) is 59.2 Å². The van der Waals surface area contributed by atoms with Gasteiger partial charge >= 0.3 is 0 Å². The molecule has 0 saturated carbocycles. The third kappa shape index (κ3) is 4.89. The lowest BCUT2D eigenvalue weighted by molar-refractivity contribution is 0.102. The van der Waals surface area contributed by atoms with Crippen molar-refractivity contribution < 1.29 is 26.7 Å². The van der Waals surface area contributed by atoms with Gasteiger partial charge < -0.3 is 10.1 Å². The van der Waals surface area contributed by atoms with Gasteiger partial charge in [0.25, 0.3) is 5.91 Å². The van der Waals surface area contributed by atoms with Crippen LogP contribution in [-0.2, 0) is 14.6 Å². The van der Waals surface area contributed by atoms with E-state index in [9.17, 15) is 22.0 Å². The van der Waals surface area contributed by atoms with E-state index >= 15 is 0 Å². The first-order chi connectivity index (χ1) is 12.8. The van der Waals surface area contributed by atoms with Crippen molar-refractivity contribution in [3.8, 4) is 0 Å². The maximum Gasteiger partial charge on any atom is 0.258 e. The molecule has 1 fully saturated rings. The van der Waals surface area contributed by atoms with Crippen molar-refractivity contribution in [2.75, 3.05) is 24.3 Å². The Labute approximate surface area is 169 Å². The van der Waals surface area contributed by atoms with Crippen LogP contribution in [-0.4, -0.2) is 33.3 Å². The van der Waals surface area contributed by atoms with Crippen molar-refractivity contribution >= 4 is 34.9 Å². The smallest absolute Gasteiger partial charge is 0.258 e. The summed E-state index contributed by atoms with van der Waals surface area (Å²) >= 11 is 0. The van der Waals surface area contributed by atoms with Gasteiger partial charge in [-0.3, -0.25) is 4.79 Å². The third-order valence-corrected chi connectivity index (χ3v) is 6.33. The van der Waals surface area contributed by atoms with Crippen molar-refractivity contribution in [1.29, 1.82) is 0 Å². The molecule has 1 atom stereocenters. The zero-order valence-electron chi connectivity index (χ0n) is 15.2. The number of nitrogens with one attached hydrogen (secondary N) is 1. The molecule has 2 aromatic rings. The molecule has 0 unspecified atom stereocenters. The van der Waals surface area contributed by atoms with Gasteiger partial charge in [-0.05, 0) is 55.2 Å². The van der Waals surface area contributed by atoms with E-state index in [2.05, 4.69) is 5.32 Å². The van der Waals surface area contributed by atoms with E-state index in [0.29, 0.717) is 25.2 Å². The standard InChI is InChI=1S/C19H19F2NO4S.H2S/c1-12-9-14(5-6-16(12)20)22-19(23)15-3-2-4-17(18(15)21)27(24,25)11-13-7-8-26-10-13;/h2-6,9,13H,7-8,10-11H2,1H3,(H,22,23);1H2/t13-;/m1./s1. The number of hydrogen-bond donors (Lipinski definition) is 1. The van der Waals surface area contributed by atoms with Crippen LogP contribution < -0.4 is 5.32 Å². The Morgan fingerprint density at radius 1 is 1.25 bits per heavy atom. The first-order valence-electron chi connectivity index (χ1n) is 8.44. The van der Waals surface area contributed by atoms with E-state index in [4.69, 9.17) is 4.74 Å². The van der Waals surface area contributed by atoms with Gasteiger partial charge in [0, 0.05) is 12.3 Å². The second kappa shape index (κ2) is 9.02. The van der Waals surface area contributed by atoms with Crippen LogP contribution in [0.5, 0.6) is 0 Å². The molecule has 152 valence electrons. The minimum Gasteiger partial charge on any atom is -0.381 e. The number of benzene rings is 2. The zero-order valence-corrected chi connectivity index (χ0v) is 17.0. The Morgan fingerprint density at radius 3 is 2.64 bits per heavy atom. The lowest BCUT2D eigenvalue weighted by Gasteiger charge is -2.12. The Kier molecular flexibility index (Phi) is 7.19. The zero-order chi connectivity index (χ0) is 19.6. The molecule has 2 aromatic carbocycles. The molecule has 1 saturated heterocycles. The number of halogens is 2. The van der Waals surface area contributed by atoms with E-state index in [-0.39, 0.29) is 36.4 Å². The second-order valence-electron chi connectivity index (χ2n) is 6.55. The van der Waals surface area contributed by atoms with Crippen molar-refractivity contribution in [1.82, 2.24) is 0 Å².